The van der Waals surface area contributed by atoms with Crippen molar-refractivity contribution < 1.29 is 49.4 Å². The first kappa shape index (κ1) is 33.4. The molecule has 0 amide bonds. The summed E-state index contributed by atoms with van der Waals surface area (Å²) < 4.78 is 115. The number of fused-ring (bicyclic) bond motifs is 1. The molecular formula is C32H25F9N2O2. The Labute approximate surface area is 251 Å². The summed E-state index contributed by atoms with van der Waals surface area (Å²) in [5.74, 6) is -1.12. The fourth-order valence-electron chi connectivity index (χ4n) is 4.90. The molecule has 0 aromatic heterocycles. The number of aromatic carboxylic acids is 1. The van der Waals surface area contributed by atoms with Gasteiger partial charge < -0.3 is 10.8 Å². The van der Waals surface area contributed by atoms with Gasteiger partial charge in [0.25, 0.3) is 0 Å². The molecule has 4 aromatic rings. The second kappa shape index (κ2) is 12.8. The molecule has 45 heavy (non-hydrogen) atoms. The zero-order chi connectivity index (χ0) is 33.2. The molecule has 0 radical (unpaired) electrons. The van der Waals surface area contributed by atoms with Gasteiger partial charge in [-0.2, -0.15) is 39.5 Å². The van der Waals surface area contributed by atoms with E-state index >= 15 is 0 Å². The van der Waals surface area contributed by atoms with Crippen LogP contribution in [0.3, 0.4) is 0 Å². The normalized spacial score (nSPS) is 13.9. The van der Waals surface area contributed by atoms with Crippen LogP contribution in [0.1, 0.15) is 43.7 Å². The van der Waals surface area contributed by atoms with Gasteiger partial charge in [0.15, 0.2) is 0 Å². The fraction of sp³-hybridized carbons (Fsp3) is 0.219. The number of carboxylic acids is 1. The highest BCUT2D eigenvalue weighted by atomic mass is 19.4. The lowest BCUT2D eigenvalue weighted by atomic mass is 9.98. The number of halogens is 9. The third kappa shape index (κ3) is 8.56. The summed E-state index contributed by atoms with van der Waals surface area (Å²) in [5.41, 5.74) is 5.94. The van der Waals surface area contributed by atoms with E-state index in [1.165, 1.54) is 18.2 Å². The zero-order valence-corrected chi connectivity index (χ0v) is 23.2. The van der Waals surface area contributed by atoms with E-state index in [4.69, 9.17) is 10.8 Å². The SMILES string of the molecule is Nc1ccc2c(c1)CCN(Cc1cc(C(F)(F)F)cc(C(F)(F)F)c1)C2.O=C(O)c1ccccc1-c1ccc(C(F)(F)F)cc1. The van der Waals surface area contributed by atoms with Crippen LogP contribution >= 0.6 is 0 Å². The van der Waals surface area contributed by atoms with Gasteiger partial charge in [0.2, 0.25) is 0 Å². The lowest BCUT2D eigenvalue weighted by Crippen LogP contribution is -2.30. The third-order valence-electron chi connectivity index (χ3n) is 7.06. The number of benzene rings is 4. The number of nitrogen functional groups attached to an aromatic ring is 1. The molecule has 0 fully saturated rings. The van der Waals surface area contributed by atoms with E-state index in [-0.39, 0.29) is 23.7 Å². The Morgan fingerprint density at radius 3 is 1.84 bits per heavy atom. The Hall–Kier alpha value is -4.52. The average molecular weight is 641 g/mol. The Morgan fingerprint density at radius 2 is 1.29 bits per heavy atom. The van der Waals surface area contributed by atoms with E-state index in [1.54, 1.807) is 24.3 Å². The minimum Gasteiger partial charge on any atom is -0.478 e. The van der Waals surface area contributed by atoms with Crippen LogP contribution < -0.4 is 5.73 Å². The predicted octanol–water partition coefficient (Wildman–Crippen LogP) is 8.94. The summed E-state index contributed by atoms with van der Waals surface area (Å²) in [5, 5.41) is 9.03. The van der Waals surface area contributed by atoms with Crippen LogP contribution in [0, 0.1) is 0 Å². The number of carbonyl (C=O) groups is 1. The molecule has 3 N–H and O–H groups in total. The smallest absolute Gasteiger partial charge is 0.416 e. The van der Waals surface area contributed by atoms with Gasteiger partial charge in [-0.25, -0.2) is 4.79 Å². The van der Waals surface area contributed by atoms with Crippen molar-refractivity contribution in [3.8, 4) is 11.1 Å². The first-order valence-electron chi connectivity index (χ1n) is 13.3. The molecule has 0 spiro atoms. The minimum absolute atomic E-state index is 0.00829. The molecule has 1 aliphatic heterocycles. The quantitative estimate of drug-likeness (QED) is 0.173. The van der Waals surface area contributed by atoms with Crippen molar-refractivity contribution in [3.05, 3.63) is 124 Å². The summed E-state index contributed by atoms with van der Waals surface area (Å²) in [6, 6.07) is 17.7. The van der Waals surface area contributed by atoms with Crippen LogP contribution in [-0.4, -0.2) is 22.5 Å². The number of nitrogens with zero attached hydrogens (tertiary/aromatic N) is 1. The van der Waals surface area contributed by atoms with Crippen molar-refractivity contribution in [1.82, 2.24) is 4.90 Å². The number of hydrogen-bond donors (Lipinski definition) is 2. The summed E-state index contributed by atoms with van der Waals surface area (Å²) in [4.78, 5) is 12.9. The van der Waals surface area contributed by atoms with Crippen LogP contribution in [0.4, 0.5) is 45.2 Å². The zero-order valence-electron chi connectivity index (χ0n) is 23.2. The van der Waals surface area contributed by atoms with E-state index in [9.17, 15) is 44.3 Å². The summed E-state index contributed by atoms with van der Waals surface area (Å²) in [7, 11) is 0. The number of alkyl halides is 9. The van der Waals surface area contributed by atoms with Gasteiger partial charge in [0.05, 0.1) is 22.3 Å². The molecule has 0 aliphatic carbocycles. The number of rotatable bonds is 4. The monoisotopic (exact) mass is 640 g/mol. The molecular weight excluding hydrogens is 615 g/mol. The van der Waals surface area contributed by atoms with Gasteiger partial charge in [-0.3, -0.25) is 4.90 Å². The van der Waals surface area contributed by atoms with Crippen molar-refractivity contribution in [2.24, 2.45) is 0 Å². The largest absolute Gasteiger partial charge is 0.478 e. The molecule has 0 saturated heterocycles. The van der Waals surface area contributed by atoms with Crippen molar-refractivity contribution in [2.75, 3.05) is 12.3 Å². The van der Waals surface area contributed by atoms with Gasteiger partial charge >= 0.3 is 24.5 Å². The Kier molecular flexibility index (Phi) is 9.52. The summed E-state index contributed by atoms with van der Waals surface area (Å²) >= 11 is 0. The molecule has 4 aromatic carbocycles. The molecule has 0 saturated carbocycles. The van der Waals surface area contributed by atoms with Crippen LogP contribution in [0.15, 0.2) is 84.9 Å². The van der Waals surface area contributed by atoms with Gasteiger partial charge in [0, 0.05) is 25.3 Å². The van der Waals surface area contributed by atoms with Gasteiger partial charge in [0.1, 0.15) is 0 Å². The van der Waals surface area contributed by atoms with Crippen LogP contribution in [0.5, 0.6) is 0 Å². The first-order chi connectivity index (χ1) is 20.9. The number of carboxylic acid groups (broad SMARTS) is 1. The van der Waals surface area contributed by atoms with E-state index in [2.05, 4.69) is 0 Å². The maximum Gasteiger partial charge on any atom is 0.416 e. The van der Waals surface area contributed by atoms with E-state index in [0.29, 0.717) is 36.3 Å². The highest BCUT2D eigenvalue weighted by Crippen LogP contribution is 2.37. The summed E-state index contributed by atoms with van der Waals surface area (Å²) in [6.45, 7) is 0.998. The predicted molar refractivity (Wildman–Crippen MR) is 149 cm³/mol. The van der Waals surface area contributed by atoms with Gasteiger partial charge in [-0.15, -0.1) is 0 Å². The lowest BCUT2D eigenvalue weighted by Gasteiger charge is -2.29. The second-order valence-electron chi connectivity index (χ2n) is 10.3. The molecule has 4 nitrogen and oxygen atoms in total. The molecule has 1 aliphatic rings. The van der Waals surface area contributed by atoms with Gasteiger partial charge in [-0.1, -0.05) is 36.4 Å². The summed E-state index contributed by atoms with van der Waals surface area (Å²) in [6.07, 6.45) is -13.4. The molecule has 5 rings (SSSR count). The number of nitrogens with two attached hydrogens (primary N) is 1. The maximum atomic E-state index is 13.0. The molecule has 0 atom stereocenters. The molecule has 13 heteroatoms. The highest BCUT2D eigenvalue weighted by molar-refractivity contribution is 5.96. The molecule has 1 heterocycles. The Balaban J connectivity index is 0.000000215. The molecule has 0 unspecified atom stereocenters. The van der Waals surface area contributed by atoms with Crippen molar-refractivity contribution in [3.63, 3.8) is 0 Å². The maximum absolute atomic E-state index is 13.0. The Morgan fingerprint density at radius 1 is 0.711 bits per heavy atom. The van der Waals surface area contributed by atoms with Crippen LogP contribution in [0.2, 0.25) is 0 Å². The van der Waals surface area contributed by atoms with Gasteiger partial charge in [-0.05, 0) is 82.8 Å². The van der Waals surface area contributed by atoms with Crippen molar-refractivity contribution in [1.29, 1.82) is 0 Å². The van der Waals surface area contributed by atoms with Crippen molar-refractivity contribution >= 4 is 11.7 Å². The van der Waals surface area contributed by atoms with E-state index in [1.807, 2.05) is 17.0 Å². The standard InChI is InChI=1S/C18H16F6N2.C14H9F3O2/c19-17(20,21)14-5-11(6-15(8-14)18(22,23)24)9-26-4-3-12-7-16(25)2-1-13(12)10-26;15-14(16,17)10-7-5-9(6-8-10)11-3-1-2-4-12(11)13(18)19/h1-2,5-8H,3-4,9-10,25H2;1-8H,(H,18,19). The van der Waals surface area contributed by atoms with E-state index in [0.717, 1.165) is 35.4 Å². The third-order valence-corrected chi connectivity index (χ3v) is 7.06. The molecule has 0 bridgehead atoms. The van der Waals surface area contributed by atoms with Crippen molar-refractivity contribution in [2.45, 2.75) is 38.0 Å². The van der Waals surface area contributed by atoms with E-state index < -0.39 is 41.2 Å². The topological polar surface area (TPSA) is 66.6 Å². The fourth-order valence-corrected chi connectivity index (χ4v) is 4.90. The van der Waals surface area contributed by atoms with Crippen LogP contribution in [0.25, 0.3) is 11.1 Å². The lowest BCUT2D eigenvalue weighted by molar-refractivity contribution is -0.143. The molecule has 238 valence electrons. The minimum atomic E-state index is -4.83. The second-order valence-corrected chi connectivity index (χ2v) is 10.3. The van der Waals surface area contributed by atoms with Crippen LogP contribution in [-0.2, 0) is 38.0 Å². The number of hydrogen-bond acceptors (Lipinski definition) is 3. The first-order valence-corrected chi connectivity index (χ1v) is 13.3. The average Bonchev–Trinajstić information content (AvgIpc) is 2.96. The number of anilines is 1. The Bertz CT molecular complexity index is 1630. The highest BCUT2D eigenvalue weighted by Gasteiger charge is 2.37.